The van der Waals surface area contributed by atoms with Gasteiger partial charge in [-0.05, 0) is 63.4 Å². The molecule has 4 aromatic heterocycles. The maximum Gasteiger partial charge on any atom is 0.167 e. The smallest absolute Gasteiger partial charge is 0.167 e. The number of nitrogens with one attached hydrogen (secondary N) is 1. The maximum absolute atomic E-state index is 10.6. The second kappa shape index (κ2) is 9.33. The zero-order valence-electron chi connectivity index (χ0n) is 21.3. The van der Waals surface area contributed by atoms with Gasteiger partial charge in [0.2, 0.25) is 0 Å². The lowest BCUT2D eigenvalue weighted by atomic mass is 10.1. The minimum atomic E-state index is -0.769. The molecule has 11 heteroatoms. The molecule has 11 nitrogen and oxygen atoms in total. The zero-order chi connectivity index (χ0) is 26.4. The van der Waals surface area contributed by atoms with E-state index in [1.807, 2.05) is 61.0 Å². The van der Waals surface area contributed by atoms with Crippen molar-refractivity contribution in [1.82, 2.24) is 39.4 Å². The van der Waals surface area contributed by atoms with Crippen molar-refractivity contribution in [3.05, 3.63) is 77.0 Å². The average Bonchev–Trinajstić information content (AvgIpc) is 3.50. The Labute approximate surface area is 219 Å². The number of fused-ring (bicyclic) bond motifs is 2. The van der Waals surface area contributed by atoms with Crippen LogP contribution in [0.25, 0.3) is 22.7 Å². The first-order chi connectivity index (χ1) is 18.4. The lowest BCUT2D eigenvalue weighted by Gasteiger charge is -2.23. The zero-order valence-corrected chi connectivity index (χ0v) is 21.3. The van der Waals surface area contributed by atoms with Gasteiger partial charge in [-0.2, -0.15) is 15.5 Å². The van der Waals surface area contributed by atoms with Crippen molar-refractivity contribution >= 4 is 22.5 Å². The molecule has 0 bridgehead atoms. The van der Waals surface area contributed by atoms with Crippen LogP contribution < -0.4 is 5.32 Å². The predicted octanol–water partition coefficient (Wildman–Crippen LogP) is 3.36. The largest absolute Gasteiger partial charge is 0.389 e. The summed E-state index contributed by atoms with van der Waals surface area (Å²) in [6, 6.07) is 15.6. The Morgan fingerprint density at radius 2 is 2.00 bits per heavy atom. The molecule has 0 saturated carbocycles. The summed E-state index contributed by atoms with van der Waals surface area (Å²) in [5, 5.41) is 36.5. The van der Waals surface area contributed by atoms with E-state index in [4.69, 9.17) is 4.98 Å². The van der Waals surface area contributed by atoms with E-state index in [9.17, 15) is 10.4 Å². The summed E-state index contributed by atoms with van der Waals surface area (Å²) >= 11 is 0. The number of aliphatic hydroxyl groups excluding tert-OH is 1. The number of nitriles is 1. The van der Waals surface area contributed by atoms with E-state index in [2.05, 4.69) is 36.6 Å². The Morgan fingerprint density at radius 1 is 1.13 bits per heavy atom. The molecular weight excluding hydrogens is 480 g/mol. The summed E-state index contributed by atoms with van der Waals surface area (Å²) in [4.78, 5) is 11.7. The van der Waals surface area contributed by atoms with Crippen LogP contribution >= 0.6 is 0 Å². The first-order valence-corrected chi connectivity index (χ1v) is 12.3. The van der Waals surface area contributed by atoms with Crippen molar-refractivity contribution in [3.8, 4) is 17.7 Å². The van der Waals surface area contributed by atoms with E-state index in [0.29, 0.717) is 35.3 Å². The summed E-state index contributed by atoms with van der Waals surface area (Å²) in [6.45, 7) is 5.09. The number of likely N-dealkylation sites (N-methyl/N-ethyl adjacent to an activating group) is 1. The minimum Gasteiger partial charge on any atom is -0.389 e. The molecule has 0 radical (unpaired) electrons. The maximum atomic E-state index is 10.6. The summed E-state index contributed by atoms with van der Waals surface area (Å²) in [5.74, 6) is 1.77. The molecule has 1 atom stereocenters. The quantitative estimate of drug-likeness (QED) is 0.368. The van der Waals surface area contributed by atoms with Crippen molar-refractivity contribution in [2.75, 3.05) is 18.9 Å². The highest BCUT2D eigenvalue weighted by molar-refractivity contribution is 5.82. The van der Waals surface area contributed by atoms with Gasteiger partial charge in [0.1, 0.15) is 18.2 Å². The highest BCUT2D eigenvalue weighted by Gasteiger charge is 2.26. The molecule has 1 aliphatic rings. The molecule has 0 aliphatic carbocycles. The van der Waals surface area contributed by atoms with Gasteiger partial charge < -0.3 is 15.3 Å². The second-order valence-corrected chi connectivity index (χ2v) is 9.55. The number of hydrogen-bond acceptors (Lipinski definition) is 9. The molecule has 38 heavy (non-hydrogen) atoms. The fraction of sp³-hybridized carbons (Fsp3) is 0.259. The van der Waals surface area contributed by atoms with Crippen molar-refractivity contribution in [1.29, 1.82) is 5.26 Å². The van der Waals surface area contributed by atoms with Gasteiger partial charge in [0.25, 0.3) is 0 Å². The molecule has 1 aliphatic heterocycles. The van der Waals surface area contributed by atoms with E-state index in [0.717, 1.165) is 46.6 Å². The number of anilines is 2. The molecule has 1 aromatic carbocycles. The third-order valence-electron chi connectivity index (χ3n) is 6.76. The molecule has 1 unspecified atom stereocenters. The van der Waals surface area contributed by atoms with Crippen LogP contribution in [0.3, 0.4) is 0 Å². The normalized spacial score (nSPS) is 14.3. The van der Waals surface area contributed by atoms with E-state index >= 15 is 0 Å². The van der Waals surface area contributed by atoms with Crippen LogP contribution in [0.1, 0.15) is 41.2 Å². The number of pyridine rings is 1. The molecule has 190 valence electrons. The van der Waals surface area contributed by atoms with Gasteiger partial charge in [0, 0.05) is 36.3 Å². The molecule has 0 fully saturated rings. The standard InChI is InChI=1S/C27H26N10O/c1-16-4-8-25(33-32-16)30-18-5-7-21-24(12-18)36(15-29-21)26-9-6-19(17(2)38)27(31-26)37-23-10-11-35(3)14-20(23)22(13-28)34-37/h4-9,12,15,17,38H,10-11,14H2,1-3H3,(H,30,33). The molecule has 5 aromatic rings. The molecular formula is C27H26N10O. The van der Waals surface area contributed by atoms with Crippen molar-refractivity contribution < 1.29 is 5.11 Å². The van der Waals surface area contributed by atoms with Gasteiger partial charge in [0.15, 0.2) is 17.3 Å². The Hall–Kier alpha value is -4.66. The topological polar surface area (TPSA) is 134 Å². The number of aryl methyl sites for hydroxylation is 1. The van der Waals surface area contributed by atoms with E-state index in [1.54, 1.807) is 17.9 Å². The SMILES string of the molecule is Cc1ccc(Nc2ccc3ncn(-c4ccc(C(C)O)c(-n5nc(C#N)c6c5CCN(C)C6)n4)c3c2)nn1. The number of benzene rings is 1. The van der Waals surface area contributed by atoms with Gasteiger partial charge in [0.05, 0.1) is 28.5 Å². The van der Waals surface area contributed by atoms with Gasteiger partial charge in [-0.15, -0.1) is 5.10 Å². The Bertz CT molecular complexity index is 1690. The van der Waals surface area contributed by atoms with Crippen LogP contribution in [0.15, 0.2) is 48.8 Å². The number of aliphatic hydroxyl groups is 1. The Kier molecular flexibility index (Phi) is 5.83. The number of rotatable bonds is 5. The van der Waals surface area contributed by atoms with Crippen molar-refractivity contribution in [2.24, 2.45) is 0 Å². The summed E-state index contributed by atoms with van der Waals surface area (Å²) in [7, 11) is 2.03. The molecule has 2 N–H and O–H groups in total. The number of nitrogens with zero attached hydrogens (tertiary/aromatic N) is 9. The minimum absolute atomic E-state index is 0.387. The van der Waals surface area contributed by atoms with Crippen LogP contribution in [0.2, 0.25) is 0 Å². The first kappa shape index (κ1) is 23.7. The van der Waals surface area contributed by atoms with Crippen LogP contribution in [0, 0.1) is 18.3 Å². The van der Waals surface area contributed by atoms with E-state index in [1.165, 1.54) is 0 Å². The number of hydrogen-bond donors (Lipinski definition) is 2. The van der Waals surface area contributed by atoms with Crippen LogP contribution in [-0.4, -0.2) is 58.1 Å². The van der Waals surface area contributed by atoms with Crippen LogP contribution in [0.5, 0.6) is 0 Å². The van der Waals surface area contributed by atoms with Crippen LogP contribution in [0.4, 0.5) is 11.5 Å². The molecule has 0 spiro atoms. The lowest BCUT2D eigenvalue weighted by Crippen LogP contribution is -2.27. The van der Waals surface area contributed by atoms with Crippen LogP contribution in [-0.2, 0) is 13.0 Å². The van der Waals surface area contributed by atoms with Gasteiger partial charge in [-0.25, -0.2) is 14.6 Å². The predicted molar refractivity (Wildman–Crippen MR) is 141 cm³/mol. The number of aromatic nitrogens is 7. The average molecular weight is 507 g/mol. The highest BCUT2D eigenvalue weighted by atomic mass is 16.3. The fourth-order valence-electron chi connectivity index (χ4n) is 4.78. The van der Waals surface area contributed by atoms with Gasteiger partial charge >= 0.3 is 0 Å². The lowest BCUT2D eigenvalue weighted by molar-refractivity contribution is 0.198. The third kappa shape index (κ3) is 4.15. The number of imidazole rings is 1. The highest BCUT2D eigenvalue weighted by Crippen LogP contribution is 2.29. The monoisotopic (exact) mass is 506 g/mol. The summed E-state index contributed by atoms with van der Waals surface area (Å²) in [5.41, 5.74) is 6.21. The van der Waals surface area contributed by atoms with Crippen molar-refractivity contribution in [2.45, 2.75) is 32.9 Å². The molecule has 6 rings (SSSR count). The Morgan fingerprint density at radius 3 is 2.76 bits per heavy atom. The second-order valence-electron chi connectivity index (χ2n) is 9.55. The fourth-order valence-corrected chi connectivity index (χ4v) is 4.78. The van der Waals surface area contributed by atoms with Gasteiger partial charge in [-0.3, -0.25) is 4.57 Å². The van der Waals surface area contributed by atoms with Gasteiger partial charge in [-0.1, -0.05) is 0 Å². The van der Waals surface area contributed by atoms with E-state index in [-0.39, 0.29) is 0 Å². The molecule has 0 saturated heterocycles. The summed E-state index contributed by atoms with van der Waals surface area (Å²) in [6.07, 6.45) is 1.69. The van der Waals surface area contributed by atoms with E-state index < -0.39 is 6.10 Å². The van der Waals surface area contributed by atoms with Crippen molar-refractivity contribution in [3.63, 3.8) is 0 Å². The first-order valence-electron chi connectivity index (χ1n) is 12.3. The molecule has 5 heterocycles. The summed E-state index contributed by atoms with van der Waals surface area (Å²) < 4.78 is 3.63. The third-order valence-corrected chi connectivity index (χ3v) is 6.76. The Balaban J connectivity index is 1.45. The molecule has 0 amide bonds.